The first kappa shape index (κ1) is 15.1. The van der Waals surface area contributed by atoms with Gasteiger partial charge in [-0.2, -0.15) is 0 Å². The normalized spacial score (nSPS) is 28.7. The molecule has 3 unspecified atom stereocenters. The number of rotatable bonds is 3. The molecule has 3 rings (SSSR count). The molecule has 0 spiro atoms. The smallest absolute Gasteiger partial charge is 0.270 e. The minimum absolute atomic E-state index is 0.163. The summed E-state index contributed by atoms with van der Waals surface area (Å²) in [6.45, 7) is 4.73. The van der Waals surface area contributed by atoms with Crippen LogP contribution in [0.2, 0.25) is 0 Å². The number of fused-ring (bicyclic) bond motifs is 1. The van der Waals surface area contributed by atoms with Crippen molar-refractivity contribution in [1.29, 1.82) is 0 Å². The molecule has 21 heavy (non-hydrogen) atoms. The zero-order valence-corrected chi connectivity index (χ0v) is 14.2. The van der Waals surface area contributed by atoms with Gasteiger partial charge in [-0.3, -0.25) is 4.79 Å². The molecule has 5 heteroatoms. The molecule has 116 valence electrons. The van der Waals surface area contributed by atoms with Crippen molar-refractivity contribution >= 4 is 21.8 Å². The van der Waals surface area contributed by atoms with Crippen molar-refractivity contribution in [2.75, 3.05) is 13.1 Å². The van der Waals surface area contributed by atoms with Crippen molar-refractivity contribution < 1.29 is 4.79 Å². The van der Waals surface area contributed by atoms with Gasteiger partial charge in [0.15, 0.2) is 0 Å². The van der Waals surface area contributed by atoms with Gasteiger partial charge in [-0.1, -0.05) is 13.3 Å². The number of carbonyl (C=O) groups is 1. The van der Waals surface area contributed by atoms with Crippen LogP contribution in [0.4, 0.5) is 0 Å². The van der Waals surface area contributed by atoms with Gasteiger partial charge in [-0.05, 0) is 53.1 Å². The molecule has 2 aliphatic rings. The molecule has 1 aliphatic carbocycles. The Morgan fingerprint density at radius 3 is 2.95 bits per heavy atom. The lowest BCUT2D eigenvalue weighted by molar-refractivity contribution is 0.0772. The highest BCUT2D eigenvalue weighted by Gasteiger charge is 2.40. The molecule has 0 radical (unpaired) electrons. The second-order valence-corrected chi connectivity index (χ2v) is 7.38. The molecule has 4 nitrogen and oxygen atoms in total. The van der Waals surface area contributed by atoms with E-state index in [0.717, 1.165) is 42.6 Å². The van der Waals surface area contributed by atoms with Gasteiger partial charge in [0.1, 0.15) is 5.69 Å². The molecular weight excluding hydrogens is 330 g/mol. The molecule has 0 bridgehead atoms. The fourth-order valence-corrected chi connectivity index (χ4v) is 4.39. The third-order valence-corrected chi connectivity index (χ3v) is 5.42. The molecule has 3 atom stereocenters. The Morgan fingerprint density at radius 1 is 1.43 bits per heavy atom. The highest BCUT2D eigenvalue weighted by molar-refractivity contribution is 9.10. The lowest BCUT2D eigenvalue weighted by atomic mass is 9.78. The summed E-state index contributed by atoms with van der Waals surface area (Å²) in [6.07, 6.45) is 6.58. The Balaban J connectivity index is 1.77. The van der Waals surface area contributed by atoms with E-state index in [1.807, 2.05) is 17.2 Å². The molecule has 0 aromatic carbocycles. The molecule has 1 aliphatic heterocycles. The van der Waals surface area contributed by atoms with E-state index in [4.69, 9.17) is 5.73 Å². The number of likely N-dealkylation sites (tertiary alicyclic amines) is 1. The third-order valence-electron chi connectivity index (χ3n) is 4.99. The minimum atomic E-state index is 0.163. The minimum Gasteiger partial charge on any atom is -0.342 e. The first-order valence-electron chi connectivity index (χ1n) is 8.00. The summed E-state index contributed by atoms with van der Waals surface area (Å²) < 4.78 is 3.04. The molecule has 2 heterocycles. The van der Waals surface area contributed by atoms with Crippen LogP contribution in [0.1, 0.15) is 43.1 Å². The number of amides is 1. The number of carbonyl (C=O) groups excluding carboxylic acids is 1. The summed E-state index contributed by atoms with van der Waals surface area (Å²) in [7, 11) is 0. The van der Waals surface area contributed by atoms with Gasteiger partial charge in [0.25, 0.3) is 5.91 Å². The van der Waals surface area contributed by atoms with Crippen LogP contribution in [0.5, 0.6) is 0 Å². The van der Waals surface area contributed by atoms with Gasteiger partial charge in [-0.25, -0.2) is 0 Å². The number of aryl methyl sites for hydroxylation is 1. The molecule has 2 fully saturated rings. The highest BCUT2D eigenvalue weighted by Crippen LogP contribution is 2.36. The van der Waals surface area contributed by atoms with Crippen LogP contribution in [0.15, 0.2) is 16.7 Å². The molecular formula is C16H24BrN3O. The fraction of sp³-hybridized carbons (Fsp3) is 0.688. The predicted molar refractivity (Wildman–Crippen MR) is 87.1 cm³/mol. The Hall–Kier alpha value is -0.810. The summed E-state index contributed by atoms with van der Waals surface area (Å²) in [5.41, 5.74) is 7.05. The Kier molecular flexibility index (Phi) is 4.41. The van der Waals surface area contributed by atoms with Crippen molar-refractivity contribution in [1.82, 2.24) is 9.47 Å². The fourth-order valence-electron chi connectivity index (χ4n) is 3.92. The van der Waals surface area contributed by atoms with Crippen LogP contribution < -0.4 is 5.73 Å². The van der Waals surface area contributed by atoms with Gasteiger partial charge in [0.05, 0.1) is 0 Å². The van der Waals surface area contributed by atoms with Gasteiger partial charge < -0.3 is 15.2 Å². The second-order valence-electron chi connectivity index (χ2n) is 6.47. The number of hydrogen-bond acceptors (Lipinski definition) is 2. The molecule has 1 saturated heterocycles. The third kappa shape index (κ3) is 2.90. The van der Waals surface area contributed by atoms with E-state index < -0.39 is 0 Å². The first-order valence-corrected chi connectivity index (χ1v) is 8.80. The Labute approximate surface area is 134 Å². The van der Waals surface area contributed by atoms with E-state index in [1.165, 1.54) is 12.8 Å². The van der Waals surface area contributed by atoms with E-state index in [9.17, 15) is 4.79 Å². The van der Waals surface area contributed by atoms with E-state index in [2.05, 4.69) is 27.4 Å². The summed E-state index contributed by atoms with van der Waals surface area (Å²) in [5, 5.41) is 0. The molecule has 1 amide bonds. The molecule has 2 N–H and O–H groups in total. The average Bonchev–Trinajstić information content (AvgIpc) is 3.03. The lowest BCUT2D eigenvalue weighted by Crippen LogP contribution is -2.38. The maximum absolute atomic E-state index is 12.8. The number of aromatic nitrogens is 1. The van der Waals surface area contributed by atoms with E-state index in [1.54, 1.807) is 0 Å². The second kappa shape index (κ2) is 6.13. The Morgan fingerprint density at radius 2 is 2.24 bits per heavy atom. The topological polar surface area (TPSA) is 51.3 Å². The maximum atomic E-state index is 12.8. The number of halogens is 1. The Bertz CT molecular complexity index is 528. The zero-order chi connectivity index (χ0) is 15.0. The first-order chi connectivity index (χ1) is 10.1. The average molecular weight is 354 g/mol. The van der Waals surface area contributed by atoms with Gasteiger partial charge >= 0.3 is 0 Å². The molecule has 1 aromatic rings. The van der Waals surface area contributed by atoms with Crippen molar-refractivity contribution in [3.8, 4) is 0 Å². The summed E-state index contributed by atoms with van der Waals surface area (Å²) in [4.78, 5) is 14.9. The van der Waals surface area contributed by atoms with E-state index in [0.29, 0.717) is 11.8 Å². The monoisotopic (exact) mass is 353 g/mol. The van der Waals surface area contributed by atoms with Crippen LogP contribution in [-0.4, -0.2) is 34.5 Å². The summed E-state index contributed by atoms with van der Waals surface area (Å²) in [5.74, 6) is 1.27. The van der Waals surface area contributed by atoms with Gasteiger partial charge in [0, 0.05) is 36.3 Å². The lowest BCUT2D eigenvalue weighted by Gasteiger charge is -2.29. The van der Waals surface area contributed by atoms with Gasteiger partial charge in [-0.15, -0.1) is 0 Å². The van der Waals surface area contributed by atoms with Crippen molar-refractivity contribution in [2.45, 2.75) is 45.2 Å². The van der Waals surface area contributed by atoms with Crippen LogP contribution in [0.3, 0.4) is 0 Å². The quantitative estimate of drug-likeness (QED) is 0.908. The standard InChI is InChI=1S/C16H24BrN3O/c1-2-6-19-9-12(17)7-15(19)16(21)20-8-11-4-3-5-14(18)13(11)10-20/h7,9,11,13-14H,2-6,8,10,18H2,1H3. The summed E-state index contributed by atoms with van der Waals surface area (Å²) in [6, 6.07) is 2.22. The van der Waals surface area contributed by atoms with Crippen LogP contribution in [0.25, 0.3) is 0 Å². The number of hydrogen-bond donors (Lipinski definition) is 1. The SMILES string of the molecule is CCCn1cc(Br)cc1C(=O)N1CC2CCCC(N)C2C1. The molecule has 1 saturated carbocycles. The predicted octanol–water partition coefficient (Wildman–Crippen LogP) is 2.86. The zero-order valence-electron chi connectivity index (χ0n) is 12.6. The largest absolute Gasteiger partial charge is 0.342 e. The number of nitrogens with zero attached hydrogens (tertiary/aromatic N) is 2. The van der Waals surface area contributed by atoms with E-state index >= 15 is 0 Å². The highest BCUT2D eigenvalue weighted by atomic mass is 79.9. The van der Waals surface area contributed by atoms with Gasteiger partial charge in [0.2, 0.25) is 0 Å². The van der Waals surface area contributed by atoms with Crippen molar-refractivity contribution in [2.24, 2.45) is 17.6 Å². The van der Waals surface area contributed by atoms with E-state index in [-0.39, 0.29) is 11.9 Å². The van der Waals surface area contributed by atoms with Crippen molar-refractivity contribution in [3.05, 3.63) is 22.4 Å². The maximum Gasteiger partial charge on any atom is 0.270 e. The summed E-state index contributed by atoms with van der Waals surface area (Å²) >= 11 is 3.49. The van der Waals surface area contributed by atoms with Crippen molar-refractivity contribution in [3.63, 3.8) is 0 Å². The van der Waals surface area contributed by atoms with Crippen LogP contribution >= 0.6 is 15.9 Å². The number of nitrogens with two attached hydrogens (primary N) is 1. The van der Waals surface area contributed by atoms with Crippen LogP contribution in [-0.2, 0) is 6.54 Å². The molecule has 1 aromatic heterocycles. The van der Waals surface area contributed by atoms with Crippen LogP contribution in [0, 0.1) is 11.8 Å².